The van der Waals surface area contributed by atoms with Crippen LogP contribution < -0.4 is 5.32 Å². The fourth-order valence-electron chi connectivity index (χ4n) is 0.989. The Hall–Kier alpha value is -0.320. The van der Waals surface area contributed by atoms with Gasteiger partial charge in [-0.05, 0) is 35.0 Å². The van der Waals surface area contributed by atoms with Gasteiger partial charge in [0.25, 0.3) is 5.91 Å². The van der Waals surface area contributed by atoms with Crippen molar-refractivity contribution < 1.29 is 4.79 Å². The fourth-order valence-corrected chi connectivity index (χ4v) is 1.84. The molecule has 1 aromatic rings. The third-order valence-corrected chi connectivity index (χ3v) is 3.80. The molecule has 0 aromatic carbocycles. The van der Waals surface area contributed by atoms with Gasteiger partial charge in [0.15, 0.2) is 0 Å². The maximum absolute atomic E-state index is 11.9. The Labute approximate surface area is 113 Å². The van der Waals surface area contributed by atoms with E-state index >= 15 is 0 Å². The standard InChI is InChI=1S/C10H11BrCl2N2O/c1-10(5-12,6-13)15-9(16)8-7(11)3-2-4-14-8/h2-4H,5-6H2,1H3,(H,15,16). The lowest BCUT2D eigenvalue weighted by atomic mass is 10.1. The van der Waals surface area contributed by atoms with Gasteiger partial charge in [0.2, 0.25) is 0 Å². The summed E-state index contributed by atoms with van der Waals surface area (Å²) in [5.74, 6) is 0.190. The average molecular weight is 326 g/mol. The lowest BCUT2D eigenvalue weighted by molar-refractivity contribution is 0.0915. The first kappa shape index (κ1) is 13.7. The summed E-state index contributed by atoms with van der Waals surface area (Å²) in [6.45, 7) is 1.78. The van der Waals surface area contributed by atoms with Gasteiger partial charge in [-0.1, -0.05) is 0 Å². The fraction of sp³-hybridized carbons (Fsp3) is 0.400. The number of pyridine rings is 1. The molecule has 0 saturated carbocycles. The first-order chi connectivity index (χ1) is 7.52. The molecule has 0 atom stereocenters. The number of hydrogen-bond acceptors (Lipinski definition) is 2. The molecule has 0 fully saturated rings. The van der Waals surface area contributed by atoms with E-state index in [2.05, 4.69) is 26.2 Å². The Balaban J connectivity index is 2.84. The molecular weight excluding hydrogens is 315 g/mol. The zero-order valence-corrected chi connectivity index (χ0v) is 11.7. The molecule has 0 unspecified atom stereocenters. The zero-order valence-electron chi connectivity index (χ0n) is 8.64. The molecule has 6 heteroatoms. The summed E-state index contributed by atoms with van der Waals surface area (Å²) >= 11 is 14.8. The molecule has 0 aliphatic rings. The molecule has 88 valence electrons. The molecule has 0 aliphatic heterocycles. The van der Waals surface area contributed by atoms with Crippen molar-refractivity contribution in [3.05, 3.63) is 28.5 Å². The third kappa shape index (κ3) is 3.34. The summed E-state index contributed by atoms with van der Waals surface area (Å²) in [6.07, 6.45) is 1.55. The van der Waals surface area contributed by atoms with Crippen LogP contribution in [0.15, 0.2) is 22.8 Å². The van der Waals surface area contributed by atoms with E-state index in [0.717, 1.165) is 0 Å². The number of aromatic nitrogens is 1. The Kier molecular flexibility index (Phi) is 5.02. The van der Waals surface area contributed by atoms with E-state index in [9.17, 15) is 4.79 Å². The van der Waals surface area contributed by atoms with E-state index in [1.54, 1.807) is 25.3 Å². The van der Waals surface area contributed by atoms with E-state index in [0.29, 0.717) is 10.2 Å². The van der Waals surface area contributed by atoms with Crippen LogP contribution in [0.25, 0.3) is 0 Å². The van der Waals surface area contributed by atoms with E-state index in [-0.39, 0.29) is 17.7 Å². The molecule has 1 N–H and O–H groups in total. The smallest absolute Gasteiger partial charge is 0.271 e. The number of rotatable bonds is 4. The molecule has 3 nitrogen and oxygen atoms in total. The summed E-state index contributed by atoms with van der Waals surface area (Å²) in [5, 5.41) is 2.75. The Morgan fingerprint density at radius 1 is 1.56 bits per heavy atom. The number of hydrogen-bond donors (Lipinski definition) is 1. The largest absolute Gasteiger partial charge is 0.343 e. The minimum Gasteiger partial charge on any atom is -0.343 e. The van der Waals surface area contributed by atoms with Gasteiger partial charge in [-0.3, -0.25) is 4.79 Å². The van der Waals surface area contributed by atoms with Crippen LogP contribution in [0.4, 0.5) is 0 Å². The topological polar surface area (TPSA) is 42.0 Å². The minimum atomic E-state index is -0.628. The zero-order chi connectivity index (χ0) is 12.2. The van der Waals surface area contributed by atoms with Crippen molar-refractivity contribution >= 4 is 45.0 Å². The summed E-state index contributed by atoms with van der Waals surface area (Å²) < 4.78 is 0.638. The maximum Gasteiger partial charge on any atom is 0.271 e. The van der Waals surface area contributed by atoms with Crippen LogP contribution >= 0.6 is 39.1 Å². The average Bonchev–Trinajstić information content (AvgIpc) is 2.29. The van der Waals surface area contributed by atoms with E-state index < -0.39 is 5.54 Å². The Morgan fingerprint density at radius 2 is 2.19 bits per heavy atom. The molecule has 16 heavy (non-hydrogen) atoms. The van der Waals surface area contributed by atoms with Crippen LogP contribution in [0.2, 0.25) is 0 Å². The van der Waals surface area contributed by atoms with Crippen LogP contribution in [0, 0.1) is 0 Å². The van der Waals surface area contributed by atoms with Crippen LogP contribution in [0.3, 0.4) is 0 Å². The predicted molar refractivity (Wildman–Crippen MR) is 69.2 cm³/mol. The quantitative estimate of drug-likeness (QED) is 0.865. The predicted octanol–water partition coefficient (Wildman–Crippen LogP) is 2.81. The molecule has 0 bridgehead atoms. The number of alkyl halides is 2. The molecule has 1 aromatic heterocycles. The summed E-state index contributed by atoms with van der Waals surface area (Å²) in [7, 11) is 0. The molecule has 1 heterocycles. The number of carbonyl (C=O) groups is 1. The van der Waals surface area contributed by atoms with Crippen molar-refractivity contribution in [1.82, 2.24) is 10.3 Å². The van der Waals surface area contributed by atoms with Gasteiger partial charge in [0, 0.05) is 22.4 Å². The molecule has 0 radical (unpaired) electrons. The van der Waals surface area contributed by atoms with Crippen LogP contribution in [-0.4, -0.2) is 28.2 Å². The van der Waals surface area contributed by atoms with Gasteiger partial charge < -0.3 is 5.32 Å². The molecule has 1 amide bonds. The third-order valence-electron chi connectivity index (χ3n) is 1.98. The maximum atomic E-state index is 11.9. The second kappa shape index (κ2) is 5.84. The monoisotopic (exact) mass is 324 g/mol. The van der Waals surface area contributed by atoms with Crippen molar-refractivity contribution in [1.29, 1.82) is 0 Å². The molecule has 0 saturated heterocycles. The van der Waals surface area contributed by atoms with Crippen molar-refractivity contribution in [2.24, 2.45) is 0 Å². The molecule has 0 spiro atoms. The Morgan fingerprint density at radius 3 is 2.69 bits per heavy atom. The van der Waals surface area contributed by atoms with Crippen molar-refractivity contribution in [2.75, 3.05) is 11.8 Å². The highest BCUT2D eigenvalue weighted by Crippen LogP contribution is 2.15. The first-order valence-electron chi connectivity index (χ1n) is 4.57. The number of halogens is 3. The summed E-state index contributed by atoms with van der Waals surface area (Å²) in [4.78, 5) is 15.9. The van der Waals surface area contributed by atoms with Gasteiger partial charge in [-0.15, -0.1) is 23.2 Å². The van der Waals surface area contributed by atoms with Gasteiger partial charge in [0.05, 0.1) is 5.54 Å². The summed E-state index contributed by atoms with van der Waals surface area (Å²) in [5.41, 5.74) is -0.305. The first-order valence-corrected chi connectivity index (χ1v) is 6.43. The van der Waals surface area contributed by atoms with E-state index in [1.807, 2.05) is 0 Å². The highest BCUT2D eigenvalue weighted by molar-refractivity contribution is 9.10. The van der Waals surface area contributed by atoms with Gasteiger partial charge in [-0.25, -0.2) is 4.98 Å². The molecule has 1 rings (SSSR count). The van der Waals surface area contributed by atoms with Gasteiger partial charge >= 0.3 is 0 Å². The highest BCUT2D eigenvalue weighted by atomic mass is 79.9. The lowest BCUT2D eigenvalue weighted by Gasteiger charge is -2.25. The molecule has 0 aliphatic carbocycles. The van der Waals surface area contributed by atoms with Gasteiger partial charge in [0.1, 0.15) is 5.69 Å². The van der Waals surface area contributed by atoms with Crippen molar-refractivity contribution in [3.8, 4) is 0 Å². The van der Waals surface area contributed by atoms with Crippen LogP contribution in [-0.2, 0) is 0 Å². The number of nitrogens with zero attached hydrogens (tertiary/aromatic N) is 1. The number of nitrogens with one attached hydrogen (secondary N) is 1. The van der Waals surface area contributed by atoms with Crippen molar-refractivity contribution in [2.45, 2.75) is 12.5 Å². The summed E-state index contributed by atoms with van der Waals surface area (Å²) in [6, 6.07) is 3.49. The highest BCUT2D eigenvalue weighted by Gasteiger charge is 2.26. The SMILES string of the molecule is CC(CCl)(CCl)NC(=O)c1ncccc1Br. The van der Waals surface area contributed by atoms with Crippen molar-refractivity contribution in [3.63, 3.8) is 0 Å². The Bertz CT molecular complexity index is 383. The van der Waals surface area contributed by atoms with Crippen LogP contribution in [0.1, 0.15) is 17.4 Å². The second-order valence-corrected chi connectivity index (χ2v) is 5.00. The second-order valence-electron chi connectivity index (χ2n) is 3.62. The normalized spacial score (nSPS) is 11.2. The number of amides is 1. The van der Waals surface area contributed by atoms with E-state index in [4.69, 9.17) is 23.2 Å². The van der Waals surface area contributed by atoms with E-state index in [1.165, 1.54) is 0 Å². The number of carbonyl (C=O) groups excluding carboxylic acids is 1. The molecular formula is C10H11BrCl2N2O. The van der Waals surface area contributed by atoms with Crippen LogP contribution in [0.5, 0.6) is 0 Å². The van der Waals surface area contributed by atoms with Gasteiger partial charge in [-0.2, -0.15) is 0 Å². The lowest BCUT2D eigenvalue weighted by Crippen LogP contribution is -2.49. The minimum absolute atomic E-state index is 0.243.